The summed E-state index contributed by atoms with van der Waals surface area (Å²) in [5.41, 5.74) is 8.75. The molecule has 4 aromatic rings. The Morgan fingerprint density at radius 1 is 1.17 bits per heavy atom. The summed E-state index contributed by atoms with van der Waals surface area (Å²) in [6, 6.07) is 9.52. The van der Waals surface area contributed by atoms with Crippen LogP contribution in [0.25, 0.3) is 22.7 Å². The molecule has 0 aliphatic carbocycles. The number of aromatic amines is 1. The fraction of sp³-hybridized carbons (Fsp3) is 0.125. The molecule has 0 saturated heterocycles. The Morgan fingerprint density at radius 3 is 2.71 bits per heavy atom. The predicted octanol–water partition coefficient (Wildman–Crippen LogP) is 1.49. The van der Waals surface area contributed by atoms with Gasteiger partial charge in [0.15, 0.2) is 5.65 Å². The lowest BCUT2D eigenvalue weighted by molar-refractivity contribution is 0.799. The molecule has 8 heteroatoms. The Balaban J connectivity index is 1.99. The van der Waals surface area contributed by atoms with Gasteiger partial charge in [-0.15, -0.1) is 0 Å². The molecular weight excluding hydrogens is 306 g/mol. The molecule has 0 spiro atoms. The molecular formula is C16H15N7O. The number of benzene rings is 1. The normalized spacial score (nSPS) is 11.2. The Kier molecular flexibility index (Phi) is 2.99. The molecule has 24 heavy (non-hydrogen) atoms. The van der Waals surface area contributed by atoms with Crippen molar-refractivity contribution in [3.63, 3.8) is 0 Å². The average Bonchev–Trinajstić information content (AvgIpc) is 3.10. The fourth-order valence-electron chi connectivity index (χ4n) is 2.65. The summed E-state index contributed by atoms with van der Waals surface area (Å²) in [6.07, 6.45) is 1.50. The van der Waals surface area contributed by atoms with Gasteiger partial charge < -0.3 is 5.73 Å². The van der Waals surface area contributed by atoms with E-state index in [0.29, 0.717) is 16.9 Å². The molecule has 3 N–H and O–H groups in total. The van der Waals surface area contributed by atoms with Crippen LogP contribution in [0.3, 0.4) is 0 Å². The SMILES string of the molecule is Cc1cccc(-n2ncc3c(=O)[nH]c(-n4nc(C)cc4N)nc32)c1. The number of anilines is 1. The number of hydrogen-bond acceptors (Lipinski definition) is 5. The molecule has 0 aliphatic heterocycles. The van der Waals surface area contributed by atoms with Crippen molar-refractivity contribution in [2.24, 2.45) is 0 Å². The summed E-state index contributed by atoms with van der Waals surface area (Å²) in [5, 5.41) is 8.97. The van der Waals surface area contributed by atoms with Crippen molar-refractivity contribution in [2.45, 2.75) is 13.8 Å². The summed E-state index contributed by atoms with van der Waals surface area (Å²) in [6.45, 7) is 3.81. The minimum Gasteiger partial charge on any atom is -0.383 e. The Hall–Kier alpha value is -3.42. The molecule has 0 saturated carbocycles. The maximum absolute atomic E-state index is 12.4. The van der Waals surface area contributed by atoms with Gasteiger partial charge in [0.1, 0.15) is 11.2 Å². The van der Waals surface area contributed by atoms with Gasteiger partial charge in [0.2, 0.25) is 5.95 Å². The van der Waals surface area contributed by atoms with E-state index in [2.05, 4.69) is 20.2 Å². The molecule has 8 nitrogen and oxygen atoms in total. The largest absolute Gasteiger partial charge is 0.383 e. The second-order valence-corrected chi connectivity index (χ2v) is 5.64. The third-order valence-corrected chi connectivity index (χ3v) is 3.73. The number of nitrogens with zero attached hydrogens (tertiary/aromatic N) is 5. The molecule has 0 unspecified atom stereocenters. The number of nitrogens with two attached hydrogens (primary N) is 1. The Bertz CT molecular complexity index is 1120. The fourth-order valence-corrected chi connectivity index (χ4v) is 2.65. The van der Waals surface area contributed by atoms with Gasteiger partial charge in [0.05, 0.1) is 17.6 Å². The van der Waals surface area contributed by atoms with Gasteiger partial charge in [-0.3, -0.25) is 9.78 Å². The van der Waals surface area contributed by atoms with Crippen molar-refractivity contribution in [1.82, 2.24) is 29.5 Å². The molecule has 120 valence electrons. The van der Waals surface area contributed by atoms with Gasteiger partial charge in [-0.05, 0) is 31.5 Å². The average molecular weight is 321 g/mol. The number of H-pyrrole nitrogens is 1. The van der Waals surface area contributed by atoms with Crippen molar-refractivity contribution in [3.05, 3.63) is 58.1 Å². The standard InChI is InChI=1S/C16H15N7O/c1-9-4-3-5-11(6-9)22-14-12(8-18-22)15(24)20-16(19-14)23-13(17)7-10(2)21-23/h3-8H,17H2,1-2H3,(H,19,20,24). The molecule has 0 atom stereocenters. The van der Waals surface area contributed by atoms with E-state index in [1.54, 1.807) is 10.7 Å². The second-order valence-electron chi connectivity index (χ2n) is 5.64. The van der Waals surface area contributed by atoms with Crippen molar-refractivity contribution in [1.29, 1.82) is 0 Å². The van der Waals surface area contributed by atoms with Gasteiger partial charge in [-0.2, -0.15) is 19.9 Å². The molecule has 3 aromatic heterocycles. The summed E-state index contributed by atoms with van der Waals surface area (Å²) in [5.74, 6) is 0.657. The van der Waals surface area contributed by atoms with Crippen LogP contribution >= 0.6 is 0 Å². The first-order valence-corrected chi connectivity index (χ1v) is 7.40. The first-order chi connectivity index (χ1) is 11.5. The van der Waals surface area contributed by atoms with Crippen LogP contribution < -0.4 is 11.3 Å². The molecule has 0 aliphatic rings. The molecule has 0 radical (unpaired) electrons. The number of rotatable bonds is 2. The lowest BCUT2D eigenvalue weighted by Gasteiger charge is -2.06. The lowest BCUT2D eigenvalue weighted by Crippen LogP contribution is -2.16. The van der Waals surface area contributed by atoms with Crippen LogP contribution in [0, 0.1) is 13.8 Å². The predicted molar refractivity (Wildman–Crippen MR) is 90.5 cm³/mol. The van der Waals surface area contributed by atoms with E-state index in [-0.39, 0.29) is 11.5 Å². The summed E-state index contributed by atoms with van der Waals surface area (Å²) in [7, 11) is 0. The number of hydrogen-bond donors (Lipinski definition) is 2. The monoisotopic (exact) mass is 321 g/mol. The summed E-state index contributed by atoms with van der Waals surface area (Å²) in [4.78, 5) is 19.6. The highest BCUT2D eigenvalue weighted by atomic mass is 16.1. The highest BCUT2D eigenvalue weighted by molar-refractivity contribution is 5.75. The zero-order chi connectivity index (χ0) is 16.8. The van der Waals surface area contributed by atoms with Gasteiger partial charge in [-0.1, -0.05) is 12.1 Å². The quantitative estimate of drug-likeness (QED) is 0.581. The summed E-state index contributed by atoms with van der Waals surface area (Å²) < 4.78 is 3.04. The van der Waals surface area contributed by atoms with Gasteiger partial charge >= 0.3 is 0 Å². The first kappa shape index (κ1) is 14.2. The number of nitrogen functional groups attached to an aromatic ring is 1. The smallest absolute Gasteiger partial charge is 0.263 e. The number of fused-ring (bicyclic) bond motifs is 1. The first-order valence-electron chi connectivity index (χ1n) is 7.40. The van der Waals surface area contributed by atoms with Crippen molar-refractivity contribution < 1.29 is 0 Å². The second kappa shape index (κ2) is 5.05. The van der Waals surface area contributed by atoms with Crippen LogP contribution in [0.5, 0.6) is 0 Å². The highest BCUT2D eigenvalue weighted by Gasteiger charge is 2.14. The van der Waals surface area contributed by atoms with E-state index in [4.69, 9.17) is 5.73 Å². The maximum Gasteiger partial charge on any atom is 0.263 e. The lowest BCUT2D eigenvalue weighted by atomic mass is 10.2. The van der Waals surface area contributed by atoms with E-state index in [9.17, 15) is 4.79 Å². The Labute approximate surface area is 136 Å². The van der Waals surface area contributed by atoms with Crippen LogP contribution in [0.4, 0.5) is 5.82 Å². The number of nitrogens with one attached hydrogen (secondary N) is 1. The van der Waals surface area contributed by atoms with Crippen molar-refractivity contribution in [3.8, 4) is 11.6 Å². The maximum atomic E-state index is 12.4. The van der Waals surface area contributed by atoms with E-state index in [1.807, 2.05) is 38.1 Å². The molecule has 0 amide bonds. The van der Waals surface area contributed by atoms with Crippen molar-refractivity contribution in [2.75, 3.05) is 5.73 Å². The van der Waals surface area contributed by atoms with Gasteiger partial charge in [0.25, 0.3) is 5.56 Å². The van der Waals surface area contributed by atoms with Crippen LogP contribution in [0.2, 0.25) is 0 Å². The molecule has 0 bridgehead atoms. The van der Waals surface area contributed by atoms with E-state index < -0.39 is 0 Å². The van der Waals surface area contributed by atoms with Gasteiger partial charge in [-0.25, -0.2) is 4.68 Å². The molecule has 3 heterocycles. The van der Waals surface area contributed by atoms with Crippen LogP contribution in [-0.4, -0.2) is 29.5 Å². The highest BCUT2D eigenvalue weighted by Crippen LogP contribution is 2.17. The minimum absolute atomic E-state index is 0.257. The van der Waals surface area contributed by atoms with Crippen molar-refractivity contribution >= 4 is 16.9 Å². The van der Waals surface area contributed by atoms with E-state index in [0.717, 1.165) is 16.9 Å². The topological polar surface area (TPSA) is 107 Å². The van der Waals surface area contributed by atoms with E-state index in [1.165, 1.54) is 10.9 Å². The van der Waals surface area contributed by atoms with Crippen LogP contribution in [-0.2, 0) is 0 Å². The minimum atomic E-state index is -0.290. The molecule has 0 fully saturated rings. The Morgan fingerprint density at radius 2 is 2.00 bits per heavy atom. The third kappa shape index (κ3) is 2.16. The van der Waals surface area contributed by atoms with Gasteiger partial charge in [0, 0.05) is 6.07 Å². The zero-order valence-electron chi connectivity index (χ0n) is 13.2. The number of aromatic nitrogens is 6. The van der Waals surface area contributed by atoms with E-state index >= 15 is 0 Å². The zero-order valence-corrected chi connectivity index (χ0v) is 13.2. The molecule has 4 rings (SSSR count). The van der Waals surface area contributed by atoms with Crippen LogP contribution in [0.1, 0.15) is 11.3 Å². The summed E-state index contributed by atoms with van der Waals surface area (Å²) >= 11 is 0. The third-order valence-electron chi connectivity index (χ3n) is 3.73. The molecule has 1 aromatic carbocycles. The van der Waals surface area contributed by atoms with Crippen LogP contribution in [0.15, 0.2) is 41.3 Å². The number of aryl methyl sites for hydroxylation is 2.